The molecule has 1 aliphatic heterocycles. The van der Waals surface area contributed by atoms with Crippen LogP contribution in [0.15, 0.2) is 4.99 Å². The van der Waals surface area contributed by atoms with Gasteiger partial charge >= 0.3 is 0 Å². The van der Waals surface area contributed by atoms with Gasteiger partial charge in [-0.2, -0.15) is 11.8 Å². The second-order valence-electron chi connectivity index (χ2n) is 5.83. The van der Waals surface area contributed by atoms with E-state index in [9.17, 15) is 0 Å². The van der Waals surface area contributed by atoms with Crippen LogP contribution in [-0.2, 0) is 0 Å². The molecule has 1 unspecified atom stereocenters. The SMILES string of the molecule is CN=C(NCCC(C)(C)C)NCC1CCCS1. The summed E-state index contributed by atoms with van der Waals surface area (Å²) in [4.78, 5) is 4.25. The van der Waals surface area contributed by atoms with Crippen molar-refractivity contribution < 1.29 is 0 Å². The largest absolute Gasteiger partial charge is 0.356 e. The second-order valence-corrected chi connectivity index (χ2v) is 7.23. The van der Waals surface area contributed by atoms with E-state index in [1.54, 1.807) is 0 Å². The standard InChI is InChI=1S/C13H27N3S/c1-13(2,3)7-8-15-12(14-4)16-10-11-6-5-9-17-11/h11H,5-10H2,1-4H3,(H2,14,15,16). The van der Waals surface area contributed by atoms with Gasteiger partial charge in [-0.15, -0.1) is 0 Å². The lowest BCUT2D eigenvalue weighted by atomic mass is 9.92. The molecule has 0 radical (unpaired) electrons. The highest BCUT2D eigenvalue weighted by Crippen LogP contribution is 2.25. The molecular formula is C13H27N3S. The smallest absolute Gasteiger partial charge is 0.191 e. The molecule has 17 heavy (non-hydrogen) atoms. The topological polar surface area (TPSA) is 36.4 Å². The lowest BCUT2D eigenvalue weighted by molar-refractivity contribution is 0.377. The number of nitrogens with one attached hydrogen (secondary N) is 2. The molecule has 4 heteroatoms. The number of nitrogens with zero attached hydrogens (tertiary/aromatic N) is 1. The number of guanidine groups is 1. The minimum atomic E-state index is 0.382. The molecule has 0 amide bonds. The number of rotatable bonds is 4. The van der Waals surface area contributed by atoms with E-state index in [0.29, 0.717) is 5.41 Å². The zero-order chi connectivity index (χ0) is 12.7. The average Bonchev–Trinajstić information content (AvgIpc) is 2.74. The quantitative estimate of drug-likeness (QED) is 0.600. The fraction of sp³-hybridized carbons (Fsp3) is 0.923. The zero-order valence-electron chi connectivity index (χ0n) is 11.7. The van der Waals surface area contributed by atoms with Crippen molar-refractivity contribution in [2.45, 2.75) is 45.3 Å². The first-order valence-corrected chi connectivity index (χ1v) is 7.62. The number of hydrogen-bond donors (Lipinski definition) is 2. The van der Waals surface area contributed by atoms with Gasteiger partial charge < -0.3 is 10.6 Å². The van der Waals surface area contributed by atoms with Crippen LogP contribution in [-0.4, -0.2) is 37.1 Å². The van der Waals surface area contributed by atoms with E-state index < -0.39 is 0 Å². The van der Waals surface area contributed by atoms with Crippen molar-refractivity contribution in [1.29, 1.82) is 0 Å². The Morgan fingerprint density at radius 1 is 1.35 bits per heavy atom. The van der Waals surface area contributed by atoms with Gasteiger partial charge in [0.25, 0.3) is 0 Å². The summed E-state index contributed by atoms with van der Waals surface area (Å²) in [5.41, 5.74) is 0.382. The van der Waals surface area contributed by atoms with Gasteiger partial charge in [0.1, 0.15) is 0 Å². The maximum atomic E-state index is 4.25. The Hall–Kier alpha value is -0.380. The lowest BCUT2D eigenvalue weighted by Crippen LogP contribution is -2.41. The van der Waals surface area contributed by atoms with Crippen LogP contribution in [0.5, 0.6) is 0 Å². The Labute approximate surface area is 110 Å². The Bertz CT molecular complexity index is 240. The van der Waals surface area contributed by atoms with Crippen molar-refractivity contribution in [3.63, 3.8) is 0 Å². The molecule has 0 aromatic heterocycles. The summed E-state index contributed by atoms with van der Waals surface area (Å²) in [6, 6.07) is 0. The molecule has 0 spiro atoms. The first kappa shape index (κ1) is 14.7. The van der Waals surface area contributed by atoms with Crippen LogP contribution in [0.1, 0.15) is 40.0 Å². The highest BCUT2D eigenvalue weighted by molar-refractivity contribution is 8.00. The van der Waals surface area contributed by atoms with Crippen LogP contribution in [0.3, 0.4) is 0 Å². The molecule has 1 rings (SSSR count). The maximum Gasteiger partial charge on any atom is 0.191 e. The summed E-state index contributed by atoms with van der Waals surface area (Å²) >= 11 is 2.08. The molecule has 1 aliphatic rings. The van der Waals surface area contributed by atoms with Gasteiger partial charge in [-0.25, -0.2) is 0 Å². The van der Waals surface area contributed by atoms with E-state index in [1.165, 1.54) is 18.6 Å². The van der Waals surface area contributed by atoms with Gasteiger partial charge in [0.15, 0.2) is 5.96 Å². The first-order valence-electron chi connectivity index (χ1n) is 6.57. The number of aliphatic imine (C=N–C) groups is 1. The molecule has 0 aromatic carbocycles. The second kappa shape index (κ2) is 7.14. The van der Waals surface area contributed by atoms with Gasteiger partial charge in [-0.05, 0) is 30.4 Å². The van der Waals surface area contributed by atoms with E-state index >= 15 is 0 Å². The molecule has 2 N–H and O–H groups in total. The molecule has 0 saturated carbocycles. The Kier molecular flexibility index (Phi) is 6.17. The van der Waals surface area contributed by atoms with Gasteiger partial charge in [0.2, 0.25) is 0 Å². The summed E-state index contributed by atoms with van der Waals surface area (Å²) < 4.78 is 0. The number of hydrogen-bond acceptors (Lipinski definition) is 2. The summed E-state index contributed by atoms with van der Waals surface area (Å²) in [6.45, 7) is 8.82. The van der Waals surface area contributed by atoms with E-state index in [0.717, 1.165) is 30.7 Å². The minimum absolute atomic E-state index is 0.382. The maximum absolute atomic E-state index is 4.25. The zero-order valence-corrected chi connectivity index (χ0v) is 12.5. The highest BCUT2D eigenvalue weighted by atomic mass is 32.2. The summed E-state index contributed by atoms with van der Waals surface area (Å²) in [5, 5.41) is 7.57. The molecule has 0 aromatic rings. The van der Waals surface area contributed by atoms with E-state index in [2.05, 4.69) is 48.2 Å². The fourth-order valence-corrected chi connectivity index (χ4v) is 2.99. The lowest BCUT2D eigenvalue weighted by Gasteiger charge is -2.20. The predicted molar refractivity (Wildman–Crippen MR) is 78.9 cm³/mol. The highest BCUT2D eigenvalue weighted by Gasteiger charge is 2.15. The van der Waals surface area contributed by atoms with Crippen molar-refractivity contribution in [2.75, 3.05) is 25.9 Å². The van der Waals surface area contributed by atoms with E-state index in [-0.39, 0.29) is 0 Å². The molecule has 100 valence electrons. The minimum Gasteiger partial charge on any atom is -0.356 e. The van der Waals surface area contributed by atoms with Crippen LogP contribution < -0.4 is 10.6 Å². The van der Waals surface area contributed by atoms with Gasteiger partial charge in [0, 0.05) is 25.4 Å². The van der Waals surface area contributed by atoms with Crippen LogP contribution in [0.2, 0.25) is 0 Å². The summed E-state index contributed by atoms with van der Waals surface area (Å²) in [6.07, 6.45) is 3.87. The van der Waals surface area contributed by atoms with Crippen molar-refractivity contribution in [3.8, 4) is 0 Å². The van der Waals surface area contributed by atoms with Crippen molar-refractivity contribution in [2.24, 2.45) is 10.4 Å². The van der Waals surface area contributed by atoms with Crippen molar-refractivity contribution in [1.82, 2.24) is 10.6 Å². The molecule has 0 aliphatic carbocycles. The molecule has 1 atom stereocenters. The fourth-order valence-electron chi connectivity index (χ4n) is 1.79. The Morgan fingerprint density at radius 2 is 2.12 bits per heavy atom. The van der Waals surface area contributed by atoms with Crippen LogP contribution in [0.4, 0.5) is 0 Å². The molecule has 0 bridgehead atoms. The molecule has 1 saturated heterocycles. The average molecular weight is 257 g/mol. The van der Waals surface area contributed by atoms with Gasteiger partial charge in [-0.3, -0.25) is 4.99 Å². The van der Waals surface area contributed by atoms with E-state index in [1.807, 2.05) is 7.05 Å². The van der Waals surface area contributed by atoms with Gasteiger partial charge in [-0.1, -0.05) is 20.8 Å². The van der Waals surface area contributed by atoms with Crippen molar-refractivity contribution in [3.05, 3.63) is 0 Å². The van der Waals surface area contributed by atoms with E-state index in [4.69, 9.17) is 0 Å². The van der Waals surface area contributed by atoms with Crippen LogP contribution >= 0.6 is 11.8 Å². The van der Waals surface area contributed by atoms with Gasteiger partial charge in [0.05, 0.1) is 0 Å². The monoisotopic (exact) mass is 257 g/mol. The third kappa shape index (κ3) is 6.81. The third-order valence-electron chi connectivity index (χ3n) is 2.91. The Morgan fingerprint density at radius 3 is 2.65 bits per heavy atom. The normalized spacial score (nSPS) is 21.6. The predicted octanol–water partition coefficient (Wildman–Crippen LogP) is 2.48. The number of thioether (sulfide) groups is 1. The molecule has 3 nitrogen and oxygen atoms in total. The summed E-state index contributed by atoms with van der Waals surface area (Å²) in [7, 11) is 1.84. The molecule has 1 heterocycles. The first-order chi connectivity index (χ1) is 8.01. The molecular weight excluding hydrogens is 230 g/mol. The molecule has 1 fully saturated rings. The summed E-state index contributed by atoms with van der Waals surface area (Å²) in [5.74, 6) is 2.27. The van der Waals surface area contributed by atoms with Crippen LogP contribution in [0.25, 0.3) is 0 Å². The Balaban J connectivity index is 2.15. The van der Waals surface area contributed by atoms with Crippen molar-refractivity contribution >= 4 is 17.7 Å². The van der Waals surface area contributed by atoms with Crippen LogP contribution in [0, 0.1) is 5.41 Å². The third-order valence-corrected chi connectivity index (χ3v) is 4.31.